The van der Waals surface area contributed by atoms with Crippen molar-refractivity contribution >= 4 is 10.0 Å². The van der Waals surface area contributed by atoms with Crippen LogP contribution in [0.5, 0.6) is 5.75 Å². The fraction of sp³-hybridized carbons (Fsp3) is 0.421. The molecule has 0 spiro atoms. The lowest BCUT2D eigenvalue weighted by molar-refractivity contribution is 0.0778. The van der Waals surface area contributed by atoms with Gasteiger partial charge < -0.3 is 4.74 Å². The van der Waals surface area contributed by atoms with E-state index in [1.165, 1.54) is 12.3 Å². The van der Waals surface area contributed by atoms with Crippen molar-refractivity contribution in [2.45, 2.75) is 29.7 Å². The molecule has 1 aromatic heterocycles. The highest BCUT2D eigenvalue weighted by Gasteiger charge is 2.82. The van der Waals surface area contributed by atoms with E-state index in [1.54, 1.807) is 43.3 Å². The summed E-state index contributed by atoms with van der Waals surface area (Å²) in [7, 11) is -4.02. The molecule has 0 radical (unpaired) electrons. The van der Waals surface area contributed by atoms with Crippen molar-refractivity contribution in [3.63, 3.8) is 0 Å². The first-order valence-electron chi connectivity index (χ1n) is 8.87. The third-order valence-electron chi connectivity index (χ3n) is 5.59. The van der Waals surface area contributed by atoms with Crippen molar-refractivity contribution in [3.8, 4) is 5.75 Å². The second-order valence-electron chi connectivity index (χ2n) is 6.87. The van der Waals surface area contributed by atoms with E-state index in [1.807, 2.05) is 0 Å². The maximum Gasteiger partial charge on any atom is 0.264 e. The number of aromatic nitrogens is 1. The van der Waals surface area contributed by atoms with Crippen LogP contribution in [-0.4, -0.2) is 43.3 Å². The molecule has 2 heterocycles. The molecule has 0 bridgehead atoms. The lowest BCUT2D eigenvalue weighted by Crippen LogP contribution is -2.40. The summed E-state index contributed by atoms with van der Waals surface area (Å²) >= 11 is 0. The molecule has 2 aromatic rings. The Morgan fingerprint density at radius 2 is 1.96 bits per heavy atom. The van der Waals surface area contributed by atoms with Crippen LogP contribution in [0.25, 0.3) is 0 Å². The summed E-state index contributed by atoms with van der Waals surface area (Å²) in [4.78, 5) is 3.95. The summed E-state index contributed by atoms with van der Waals surface area (Å²) in [5.74, 6) is -3.82. The molecule has 1 saturated carbocycles. The molecule has 2 aliphatic rings. The van der Waals surface area contributed by atoms with Gasteiger partial charge in [-0.25, -0.2) is 22.2 Å². The largest absolute Gasteiger partial charge is 0.491 e. The average molecular weight is 394 g/mol. The molecular formula is C19H20F2N2O3S. The van der Waals surface area contributed by atoms with Crippen LogP contribution in [0.2, 0.25) is 0 Å². The highest BCUT2D eigenvalue weighted by atomic mass is 32.2. The molecule has 144 valence electrons. The maximum absolute atomic E-state index is 14.7. The molecule has 0 N–H and O–H groups in total. The van der Waals surface area contributed by atoms with Crippen LogP contribution >= 0.6 is 0 Å². The first kappa shape index (κ1) is 18.3. The van der Waals surface area contributed by atoms with Crippen molar-refractivity contribution in [2.75, 3.05) is 19.7 Å². The van der Waals surface area contributed by atoms with Gasteiger partial charge in [-0.2, -0.15) is 4.31 Å². The van der Waals surface area contributed by atoms with E-state index in [0.717, 1.165) is 4.31 Å². The molecule has 4 rings (SSSR count). The number of piperidine rings is 1. The van der Waals surface area contributed by atoms with Crippen LogP contribution < -0.4 is 4.74 Å². The fourth-order valence-corrected chi connectivity index (χ4v) is 5.69. The molecule has 1 aliphatic carbocycles. The van der Waals surface area contributed by atoms with E-state index in [0.29, 0.717) is 5.56 Å². The molecule has 2 atom stereocenters. The van der Waals surface area contributed by atoms with E-state index >= 15 is 0 Å². The van der Waals surface area contributed by atoms with Gasteiger partial charge in [0.1, 0.15) is 0 Å². The Bertz CT molecular complexity index is 952. The fourth-order valence-electron chi connectivity index (χ4n) is 4.19. The molecule has 2 fully saturated rings. The van der Waals surface area contributed by atoms with Gasteiger partial charge in [-0.1, -0.05) is 30.3 Å². The number of hydrogen-bond acceptors (Lipinski definition) is 4. The lowest BCUT2D eigenvalue weighted by Gasteiger charge is -2.29. The molecule has 27 heavy (non-hydrogen) atoms. The monoisotopic (exact) mass is 394 g/mol. The predicted molar refractivity (Wildman–Crippen MR) is 95.3 cm³/mol. The van der Waals surface area contributed by atoms with Crippen molar-refractivity contribution in [3.05, 3.63) is 54.2 Å². The molecule has 1 aromatic carbocycles. The van der Waals surface area contributed by atoms with Gasteiger partial charge in [-0.3, -0.25) is 0 Å². The Labute approximate surface area is 157 Å². The third-order valence-corrected chi connectivity index (χ3v) is 7.40. The normalized spacial score (nSPS) is 27.0. The summed E-state index contributed by atoms with van der Waals surface area (Å²) in [6.07, 6.45) is 1.43. The third kappa shape index (κ3) is 2.57. The van der Waals surface area contributed by atoms with E-state index in [2.05, 4.69) is 4.98 Å². The van der Waals surface area contributed by atoms with Crippen LogP contribution in [0.4, 0.5) is 8.78 Å². The van der Waals surface area contributed by atoms with Crippen LogP contribution in [-0.2, 0) is 15.4 Å². The van der Waals surface area contributed by atoms with E-state index in [9.17, 15) is 17.2 Å². The summed E-state index contributed by atoms with van der Waals surface area (Å²) in [6, 6.07) is 11.8. The van der Waals surface area contributed by atoms with Gasteiger partial charge >= 0.3 is 0 Å². The second kappa shape index (κ2) is 6.24. The van der Waals surface area contributed by atoms with Crippen molar-refractivity contribution in [1.29, 1.82) is 0 Å². The highest BCUT2D eigenvalue weighted by molar-refractivity contribution is 7.89. The van der Waals surface area contributed by atoms with Gasteiger partial charge in [0.15, 0.2) is 5.75 Å². The van der Waals surface area contributed by atoms with Crippen molar-refractivity contribution in [1.82, 2.24) is 9.29 Å². The molecule has 0 amide bonds. The van der Waals surface area contributed by atoms with E-state index < -0.39 is 27.3 Å². The highest BCUT2D eigenvalue weighted by Crippen LogP contribution is 2.70. The van der Waals surface area contributed by atoms with Gasteiger partial charge in [-0.15, -0.1) is 0 Å². The Kier molecular flexibility index (Phi) is 4.23. The first-order valence-corrected chi connectivity index (χ1v) is 10.3. The minimum Gasteiger partial charge on any atom is -0.491 e. The number of halogens is 2. The summed E-state index contributed by atoms with van der Waals surface area (Å²) in [5.41, 5.74) is -0.697. The Morgan fingerprint density at radius 3 is 2.63 bits per heavy atom. The van der Waals surface area contributed by atoms with E-state index in [4.69, 9.17) is 4.74 Å². The number of hydrogen-bond donors (Lipinski definition) is 0. The van der Waals surface area contributed by atoms with Crippen LogP contribution in [0.1, 0.15) is 18.9 Å². The summed E-state index contributed by atoms with van der Waals surface area (Å²) in [5, 5.41) is -0.219. The number of nitrogens with zero attached hydrogens (tertiary/aromatic N) is 2. The zero-order chi connectivity index (χ0) is 19.3. The second-order valence-corrected chi connectivity index (χ2v) is 8.72. The molecule has 5 nitrogen and oxygen atoms in total. The van der Waals surface area contributed by atoms with Crippen LogP contribution in [0, 0.1) is 5.92 Å². The first-order chi connectivity index (χ1) is 12.9. The Balaban J connectivity index is 1.64. The van der Waals surface area contributed by atoms with Gasteiger partial charge in [0, 0.05) is 19.3 Å². The topological polar surface area (TPSA) is 59.5 Å². The number of rotatable bonds is 5. The zero-order valence-corrected chi connectivity index (χ0v) is 15.6. The molecule has 1 saturated heterocycles. The summed E-state index contributed by atoms with van der Waals surface area (Å²) in [6.45, 7) is 1.81. The maximum atomic E-state index is 14.7. The van der Waals surface area contributed by atoms with Gasteiger partial charge in [-0.05, 0) is 31.0 Å². The van der Waals surface area contributed by atoms with Gasteiger partial charge in [0.2, 0.25) is 5.03 Å². The smallest absolute Gasteiger partial charge is 0.264 e. The molecule has 2 unspecified atom stereocenters. The number of alkyl halides is 2. The van der Waals surface area contributed by atoms with Gasteiger partial charge in [0.05, 0.1) is 17.9 Å². The van der Waals surface area contributed by atoms with Crippen LogP contribution in [0.15, 0.2) is 53.7 Å². The van der Waals surface area contributed by atoms with Crippen molar-refractivity contribution < 1.29 is 21.9 Å². The lowest BCUT2D eigenvalue weighted by atomic mass is 9.87. The number of ether oxygens (including phenoxy) is 1. The number of fused-ring (bicyclic) bond motifs is 1. The molecular weight excluding hydrogens is 374 g/mol. The van der Waals surface area contributed by atoms with E-state index in [-0.39, 0.29) is 36.9 Å². The SMILES string of the molecule is CCOc1cccnc1S(=O)(=O)N1CCC2(c3ccccc3)C(C1)C2(F)F. The number of sulfonamides is 1. The molecule has 1 aliphatic heterocycles. The predicted octanol–water partition coefficient (Wildman–Crippen LogP) is 3.08. The van der Waals surface area contributed by atoms with Crippen LogP contribution in [0.3, 0.4) is 0 Å². The zero-order valence-electron chi connectivity index (χ0n) is 14.8. The Hall–Kier alpha value is -2.06. The standard InChI is InChI=1S/C19H20F2N2O3S/c1-2-26-15-9-6-11-22-17(15)27(24,25)23-12-10-18(14-7-4-3-5-8-14)16(13-23)19(18,20)21/h3-9,11,16H,2,10,12-13H2,1H3. The minimum atomic E-state index is -4.02. The van der Waals surface area contributed by atoms with Gasteiger partial charge in [0.25, 0.3) is 15.9 Å². The van der Waals surface area contributed by atoms with Crippen molar-refractivity contribution in [2.24, 2.45) is 5.92 Å². The number of benzene rings is 1. The minimum absolute atomic E-state index is 0.0193. The Morgan fingerprint density at radius 1 is 1.22 bits per heavy atom. The average Bonchev–Trinajstić information content (AvgIpc) is 3.19. The number of pyridine rings is 1. The quantitative estimate of drug-likeness (QED) is 0.782. The molecule has 8 heteroatoms. The summed E-state index contributed by atoms with van der Waals surface area (Å²) < 4.78 is 62.0.